The fourth-order valence-corrected chi connectivity index (χ4v) is 9.09. The number of rotatable bonds is 4. The largest absolute Gasteiger partial charge is 0.308 e. The second-order valence-corrected chi connectivity index (χ2v) is 13.9. The first-order valence-corrected chi connectivity index (χ1v) is 17.9. The zero-order chi connectivity index (χ0) is 33.5. The highest BCUT2D eigenvalue weighted by Gasteiger charge is 2.27. The van der Waals surface area contributed by atoms with Gasteiger partial charge in [0.05, 0.1) is 22.1 Å². The van der Waals surface area contributed by atoms with Crippen molar-refractivity contribution in [2.75, 3.05) is 0 Å². The van der Waals surface area contributed by atoms with E-state index in [0.717, 1.165) is 33.4 Å². The molecule has 0 atom stereocenters. The van der Waals surface area contributed by atoms with Crippen LogP contribution in [0.4, 0.5) is 0 Å². The molecular formula is C45H27N5S. The highest BCUT2D eigenvalue weighted by molar-refractivity contribution is 7.27. The van der Waals surface area contributed by atoms with Gasteiger partial charge in [-0.2, -0.15) is 9.97 Å². The van der Waals surface area contributed by atoms with Crippen LogP contribution in [0.1, 0.15) is 0 Å². The van der Waals surface area contributed by atoms with E-state index >= 15 is 0 Å². The summed E-state index contributed by atoms with van der Waals surface area (Å²) in [5, 5.41) is 7.28. The third-order valence-electron chi connectivity index (χ3n) is 9.95. The van der Waals surface area contributed by atoms with Gasteiger partial charge < -0.3 is 4.57 Å². The number of aromatic nitrogens is 5. The van der Waals surface area contributed by atoms with E-state index in [0.29, 0.717) is 17.6 Å². The van der Waals surface area contributed by atoms with Crippen molar-refractivity contribution in [3.63, 3.8) is 0 Å². The molecule has 4 heterocycles. The lowest BCUT2D eigenvalue weighted by molar-refractivity contribution is 0.955. The molecule has 0 bridgehead atoms. The summed E-state index contributed by atoms with van der Waals surface area (Å²) in [6.45, 7) is 0. The summed E-state index contributed by atoms with van der Waals surface area (Å²) in [6.07, 6.45) is 0. The van der Waals surface area contributed by atoms with E-state index in [2.05, 4.69) is 137 Å². The van der Waals surface area contributed by atoms with E-state index in [-0.39, 0.29) is 0 Å². The third kappa shape index (κ3) is 4.11. The van der Waals surface area contributed by atoms with Crippen molar-refractivity contribution >= 4 is 75.1 Å². The van der Waals surface area contributed by atoms with Gasteiger partial charge in [-0.05, 0) is 30.3 Å². The summed E-state index contributed by atoms with van der Waals surface area (Å²) in [4.78, 5) is 15.6. The lowest BCUT2D eigenvalue weighted by Gasteiger charge is -2.12. The molecule has 0 aliphatic carbocycles. The van der Waals surface area contributed by atoms with Gasteiger partial charge in [0, 0.05) is 58.5 Å². The topological polar surface area (TPSA) is 48.5 Å². The van der Waals surface area contributed by atoms with Crippen molar-refractivity contribution in [3.05, 3.63) is 164 Å². The van der Waals surface area contributed by atoms with Crippen LogP contribution in [0.25, 0.3) is 98.2 Å². The molecule has 0 amide bonds. The first-order valence-electron chi connectivity index (χ1n) is 17.1. The van der Waals surface area contributed by atoms with Crippen LogP contribution in [0.2, 0.25) is 0 Å². The fraction of sp³-hybridized carbons (Fsp3) is 0. The molecule has 0 spiro atoms. The average molecular weight is 670 g/mol. The Morgan fingerprint density at radius 1 is 0.392 bits per heavy atom. The molecule has 51 heavy (non-hydrogen) atoms. The molecule has 0 fully saturated rings. The van der Waals surface area contributed by atoms with Gasteiger partial charge in [0.1, 0.15) is 0 Å². The van der Waals surface area contributed by atoms with E-state index in [1.807, 2.05) is 47.7 Å². The Hall–Kier alpha value is -6.63. The molecule has 0 N–H and O–H groups in total. The number of hydrogen-bond acceptors (Lipinski definition) is 4. The lowest BCUT2D eigenvalue weighted by atomic mass is 10.0. The molecule has 11 aromatic rings. The van der Waals surface area contributed by atoms with E-state index < -0.39 is 0 Å². The molecule has 6 heteroatoms. The first kappa shape index (κ1) is 28.2. The highest BCUT2D eigenvalue weighted by Crippen LogP contribution is 2.51. The van der Waals surface area contributed by atoms with Crippen LogP contribution in [0.15, 0.2) is 164 Å². The number of benzene rings is 7. The van der Waals surface area contributed by atoms with Gasteiger partial charge in [-0.25, -0.2) is 4.98 Å². The van der Waals surface area contributed by atoms with Crippen molar-refractivity contribution < 1.29 is 0 Å². The number of fused-ring (bicyclic) bond motifs is 12. The molecule has 0 aliphatic rings. The van der Waals surface area contributed by atoms with Crippen molar-refractivity contribution in [2.45, 2.75) is 0 Å². The monoisotopic (exact) mass is 669 g/mol. The van der Waals surface area contributed by atoms with Crippen molar-refractivity contribution in [2.24, 2.45) is 0 Å². The molecule has 11 rings (SSSR count). The zero-order valence-corrected chi connectivity index (χ0v) is 28.0. The van der Waals surface area contributed by atoms with Gasteiger partial charge in [-0.3, -0.25) is 4.57 Å². The van der Waals surface area contributed by atoms with Crippen LogP contribution in [-0.2, 0) is 0 Å². The van der Waals surface area contributed by atoms with Crippen LogP contribution in [0.3, 0.4) is 0 Å². The van der Waals surface area contributed by atoms with Crippen molar-refractivity contribution in [1.82, 2.24) is 24.1 Å². The molecule has 5 nitrogen and oxygen atoms in total. The summed E-state index contributed by atoms with van der Waals surface area (Å²) in [5.74, 6) is 1.86. The van der Waals surface area contributed by atoms with Crippen LogP contribution in [0.5, 0.6) is 0 Å². The predicted octanol–water partition coefficient (Wildman–Crippen LogP) is 11.8. The molecule has 0 saturated carbocycles. The molecule has 0 unspecified atom stereocenters. The molecule has 7 aromatic carbocycles. The van der Waals surface area contributed by atoms with Crippen molar-refractivity contribution in [3.8, 4) is 34.4 Å². The number of para-hydroxylation sites is 3. The normalized spacial score (nSPS) is 11.9. The molecule has 0 aliphatic heterocycles. The standard InChI is InChI=1S/C45H27N5S/c1-4-16-28(17-5-1)43-46-44(29-18-6-2-7-19-29)48-45(47-43)50-35-26-14-11-23-32(35)38-41(50)37-31-22-10-13-25-34(31)49(30-20-8-3-9-21-30)40(37)39-33-24-12-15-27-36(33)51-42(38)39/h1-27H. The number of nitrogens with zero attached hydrogens (tertiary/aromatic N) is 5. The van der Waals surface area contributed by atoms with Crippen LogP contribution in [0, 0.1) is 0 Å². The van der Waals surface area contributed by atoms with E-state index in [4.69, 9.17) is 15.0 Å². The molecule has 0 radical (unpaired) electrons. The molecule has 0 saturated heterocycles. The Morgan fingerprint density at radius 3 is 1.51 bits per heavy atom. The van der Waals surface area contributed by atoms with Crippen LogP contribution in [-0.4, -0.2) is 24.1 Å². The summed E-state index contributed by atoms with van der Waals surface area (Å²) >= 11 is 1.86. The van der Waals surface area contributed by atoms with Gasteiger partial charge in [-0.1, -0.05) is 133 Å². The summed E-state index contributed by atoms with van der Waals surface area (Å²) < 4.78 is 7.26. The summed E-state index contributed by atoms with van der Waals surface area (Å²) in [6, 6.07) is 57.4. The summed E-state index contributed by atoms with van der Waals surface area (Å²) in [7, 11) is 0. The Kier molecular flexibility index (Phi) is 6.05. The minimum absolute atomic E-state index is 0.590. The summed E-state index contributed by atoms with van der Waals surface area (Å²) in [5.41, 5.74) is 7.51. The maximum atomic E-state index is 5.28. The quantitative estimate of drug-likeness (QED) is 0.187. The fourth-order valence-electron chi connectivity index (χ4n) is 7.83. The van der Waals surface area contributed by atoms with Crippen LogP contribution < -0.4 is 0 Å². The second-order valence-electron chi connectivity index (χ2n) is 12.8. The Labute approximate surface area is 296 Å². The first-order chi connectivity index (χ1) is 25.3. The Morgan fingerprint density at radius 2 is 0.863 bits per heavy atom. The van der Waals surface area contributed by atoms with Gasteiger partial charge in [0.25, 0.3) is 0 Å². The third-order valence-corrected chi connectivity index (χ3v) is 11.1. The van der Waals surface area contributed by atoms with Gasteiger partial charge in [0.15, 0.2) is 11.6 Å². The average Bonchev–Trinajstić information content (AvgIpc) is 3.87. The molecule has 238 valence electrons. The van der Waals surface area contributed by atoms with Gasteiger partial charge >= 0.3 is 0 Å². The maximum absolute atomic E-state index is 5.28. The minimum Gasteiger partial charge on any atom is -0.308 e. The lowest BCUT2D eigenvalue weighted by Crippen LogP contribution is -2.06. The Bertz CT molecular complexity index is 3060. The maximum Gasteiger partial charge on any atom is 0.238 e. The van der Waals surface area contributed by atoms with Gasteiger partial charge in [-0.15, -0.1) is 11.3 Å². The second kappa shape index (κ2) is 10.9. The molecular weight excluding hydrogens is 643 g/mol. The number of thiophene rings is 1. The van der Waals surface area contributed by atoms with Gasteiger partial charge in [0.2, 0.25) is 5.95 Å². The minimum atomic E-state index is 0.590. The van der Waals surface area contributed by atoms with E-state index in [1.54, 1.807) is 0 Å². The molecule has 4 aromatic heterocycles. The SMILES string of the molecule is c1ccc(-c2nc(-c3ccccc3)nc(-n3c4ccccc4c4c5sc6ccccc6c5c5c(c6ccccc6n5-c5ccccc5)c43)n2)cc1. The smallest absolute Gasteiger partial charge is 0.238 e. The van der Waals surface area contributed by atoms with Crippen LogP contribution >= 0.6 is 11.3 Å². The van der Waals surface area contributed by atoms with E-state index in [1.165, 1.54) is 47.2 Å². The van der Waals surface area contributed by atoms with Crippen molar-refractivity contribution in [1.29, 1.82) is 0 Å². The highest BCUT2D eigenvalue weighted by atomic mass is 32.1. The predicted molar refractivity (Wildman–Crippen MR) is 212 cm³/mol. The number of hydrogen-bond donors (Lipinski definition) is 0. The van der Waals surface area contributed by atoms with E-state index in [9.17, 15) is 0 Å². The Balaban J connectivity index is 1.41. The zero-order valence-electron chi connectivity index (χ0n) is 27.2.